The van der Waals surface area contributed by atoms with Gasteiger partial charge in [0.15, 0.2) is 0 Å². The molecule has 5 heteroatoms. The van der Waals surface area contributed by atoms with Crippen molar-refractivity contribution in [2.45, 2.75) is 13.8 Å². The summed E-state index contributed by atoms with van der Waals surface area (Å²) in [7, 11) is 0. The highest BCUT2D eigenvalue weighted by Gasteiger charge is 2.15. The van der Waals surface area contributed by atoms with Gasteiger partial charge in [0.25, 0.3) is 5.56 Å². The van der Waals surface area contributed by atoms with Gasteiger partial charge in [-0.3, -0.25) is 9.36 Å². The third-order valence-electron chi connectivity index (χ3n) is 3.33. The first kappa shape index (κ1) is 14.5. The van der Waals surface area contributed by atoms with Crippen LogP contribution in [0.1, 0.15) is 11.4 Å². The molecule has 3 aromatic rings. The number of nitrogens with zero attached hydrogens (tertiary/aromatic N) is 2. The molecule has 3 nitrogen and oxygen atoms in total. The third-order valence-corrected chi connectivity index (χ3v) is 4.54. The summed E-state index contributed by atoms with van der Waals surface area (Å²) in [6.07, 6.45) is 0. The van der Waals surface area contributed by atoms with Gasteiger partial charge in [-0.15, -0.1) is 0 Å². The van der Waals surface area contributed by atoms with E-state index in [0.717, 1.165) is 25.7 Å². The molecule has 0 amide bonds. The summed E-state index contributed by atoms with van der Waals surface area (Å²) in [5.74, 6) is 0.656. The van der Waals surface area contributed by atoms with E-state index in [1.807, 2.05) is 44.2 Å². The number of fused-ring (bicyclic) bond motifs is 1. The highest BCUT2D eigenvalue weighted by atomic mass is 79.9. The summed E-state index contributed by atoms with van der Waals surface area (Å²) in [5, 5.41) is 0.613. The molecule has 2 aromatic carbocycles. The van der Waals surface area contributed by atoms with Gasteiger partial charge in [0.1, 0.15) is 5.82 Å². The molecule has 0 spiro atoms. The maximum Gasteiger partial charge on any atom is 0.266 e. The second-order valence-electron chi connectivity index (χ2n) is 4.89. The quantitative estimate of drug-likeness (QED) is 0.594. The summed E-state index contributed by atoms with van der Waals surface area (Å²) in [5.41, 5.74) is 2.54. The number of halogens is 2. The van der Waals surface area contributed by atoms with Crippen molar-refractivity contribution in [2.24, 2.45) is 0 Å². The van der Waals surface area contributed by atoms with Gasteiger partial charge in [-0.2, -0.15) is 0 Å². The molecular formula is C16H12Br2N2O. The van der Waals surface area contributed by atoms with E-state index >= 15 is 0 Å². The molecule has 0 aliphatic rings. The minimum atomic E-state index is -0.0663. The number of para-hydroxylation sites is 1. The van der Waals surface area contributed by atoms with Crippen LogP contribution in [0.5, 0.6) is 0 Å². The van der Waals surface area contributed by atoms with Gasteiger partial charge in [0.05, 0.1) is 16.6 Å². The fourth-order valence-electron chi connectivity index (χ4n) is 2.41. The predicted molar refractivity (Wildman–Crippen MR) is 92.2 cm³/mol. The summed E-state index contributed by atoms with van der Waals surface area (Å²) in [6.45, 7) is 3.85. The van der Waals surface area contributed by atoms with Crippen LogP contribution < -0.4 is 5.56 Å². The number of benzene rings is 2. The molecule has 0 bridgehead atoms. The smallest absolute Gasteiger partial charge is 0.266 e. The van der Waals surface area contributed by atoms with Crippen molar-refractivity contribution in [3.63, 3.8) is 0 Å². The van der Waals surface area contributed by atoms with E-state index in [0.29, 0.717) is 11.2 Å². The number of aromatic nitrogens is 2. The second kappa shape index (κ2) is 5.39. The van der Waals surface area contributed by atoms with Gasteiger partial charge in [-0.05, 0) is 75.5 Å². The van der Waals surface area contributed by atoms with Crippen LogP contribution >= 0.6 is 31.9 Å². The molecule has 1 heterocycles. The Kier molecular flexibility index (Phi) is 3.71. The van der Waals surface area contributed by atoms with Crippen molar-refractivity contribution in [1.29, 1.82) is 0 Å². The molecule has 106 valence electrons. The Hall–Kier alpha value is -1.46. The Morgan fingerprint density at radius 3 is 2.33 bits per heavy atom. The normalized spacial score (nSPS) is 11.0. The minimum absolute atomic E-state index is 0.0663. The van der Waals surface area contributed by atoms with Crippen molar-refractivity contribution in [3.05, 3.63) is 67.1 Å². The van der Waals surface area contributed by atoms with Crippen LogP contribution in [0.2, 0.25) is 0 Å². The first-order valence-electron chi connectivity index (χ1n) is 6.43. The average Bonchev–Trinajstić information content (AvgIpc) is 2.41. The molecular weight excluding hydrogens is 396 g/mol. The molecule has 1 aromatic heterocycles. The van der Waals surface area contributed by atoms with E-state index in [-0.39, 0.29) is 5.56 Å². The summed E-state index contributed by atoms with van der Waals surface area (Å²) < 4.78 is 3.35. The van der Waals surface area contributed by atoms with Gasteiger partial charge in [-0.25, -0.2) is 4.98 Å². The lowest BCUT2D eigenvalue weighted by Gasteiger charge is -2.15. The molecule has 0 fully saturated rings. The van der Waals surface area contributed by atoms with Crippen molar-refractivity contribution in [2.75, 3.05) is 0 Å². The van der Waals surface area contributed by atoms with Crippen LogP contribution in [0.25, 0.3) is 16.6 Å². The predicted octanol–water partition coefficient (Wildman–Crippen LogP) is 4.53. The fraction of sp³-hybridized carbons (Fsp3) is 0.125. The summed E-state index contributed by atoms with van der Waals surface area (Å²) in [6, 6.07) is 11.4. The van der Waals surface area contributed by atoms with Gasteiger partial charge in [-0.1, -0.05) is 12.1 Å². The van der Waals surface area contributed by atoms with Crippen LogP contribution in [0.4, 0.5) is 0 Å². The minimum Gasteiger partial charge on any atom is -0.268 e. The molecule has 0 saturated carbocycles. The van der Waals surface area contributed by atoms with E-state index in [2.05, 4.69) is 36.8 Å². The third kappa shape index (κ3) is 2.45. The Labute approximate surface area is 138 Å². The first-order chi connectivity index (χ1) is 9.99. The molecule has 0 aliphatic carbocycles. The van der Waals surface area contributed by atoms with E-state index in [9.17, 15) is 4.79 Å². The average molecular weight is 408 g/mol. The molecule has 0 radical (unpaired) electrons. The zero-order chi connectivity index (χ0) is 15.1. The molecule has 0 aliphatic heterocycles. The van der Waals surface area contributed by atoms with E-state index in [4.69, 9.17) is 0 Å². The molecule has 0 atom stereocenters. The monoisotopic (exact) mass is 406 g/mol. The molecule has 0 saturated heterocycles. The zero-order valence-corrected chi connectivity index (χ0v) is 14.7. The number of rotatable bonds is 1. The van der Waals surface area contributed by atoms with Crippen LogP contribution in [0.15, 0.2) is 50.1 Å². The Morgan fingerprint density at radius 2 is 1.67 bits per heavy atom. The van der Waals surface area contributed by atoms with Gasteiger partial charge >= 0.3 is 0 Å². The van der Waals surface area contributed by atoms with Crippen LogP contribution in [-0.4, -0.2) is 9.55 Å². The van der Waals surface area contributed by atoms with Gasteiger partial charge in [0.2, 0.25) is 0 Å². The highest BCUT2D eigenvalue weighted by Crippen LogP contribution is 2.30. The fourth-order valence-corrected chi connectivity index (χ4v) is 4.18. The SMILES string of the molecule is Cc1cc(Br)c(-n2c(C)nc3ccccc3c2=O)c(Br)c1. The lowest BCUT2D eigenvalue weighted by molar-refractivity contribution is 0.886. The number of hydrogen-bond acceptors (Lipinski definition) is 2. The lowest BCUT2D eigenvalue weighted by atomic mass is 10.2. The largest absolute Gasteiger partial charge is 0.268 e. The zero-order valence-electron chi connectivity index (χ0n) is 11.5. The Morgan fingerprint density at radius 1 is 1.05 bits per heavy atom. The Balaban J connectivity index is 2.44. The molecule has 0 N–H and O–H groups in total. The maximum atomic E-state index is 12.8. The van der Waals surface area contributed by atoms with Crippen molar-refractivity contribution >= 4 is 42.8 Å². The van der Waals surface area contributed by atoms with Crippen molar-refractivity contribution < 1.29 is 0 Å². The van der Waals surface area contributed by atoms with Gasteiger partial charge in [0, 0.05) is 8.95 Å². The highest BCUT2D eigenvalue weighted by molar-refractivity contribution is 9.11. The van der Waals surface area contributed by atoms with Crippen LogP contribution in [0.3, 0.4) is 0 Å². The van der Waals surface area contributed by atoms with E-state index < -0.39 is 0 Å². The van der Waals surface area contributed by atoms with Crippen LogP contribution in [0, 0.1) is 13.8 Å². The van der Waals surface area contributed by atoms with Crippen molar-refractivity contribution in [1.82, 2.24) is 9.55 Å². The van der Waals surface area contributed by atoms with E-state index in [1.165, 1.54) is 0 Å². The van der Waals surface area contributed by atoms with Crippen molar-refractivity contribution in [3.8, 4) is 5.69 Å². The molecule has 0 unspecified atom stereocenters. The maximum absolute atomic E-state index is 12.8. The lowest BCUT2D eigenvalue weighted by Crippen LogP contribution is -2.23. The Bertz CT molecular complexity index is 893. The standard InChI is InChI=1S/C16H12Br2N2O/c1-9-7-12(17)15(13(18)8-9)20-10(2)19-14-6-4-3-5-11(14)16(20)21/h3-8H,1-2H3. The summed E-state index contributed by atoms with van der Waals surface area (Å²) in [4.78, 5) is 17.4. The van der Waals surface area contributed by atoms with Crippen LogP contribution in [-0.2, 0) is 0 Å². The molecule has 21 heavy (non-hydrogen) atoms. The second-order valence-corrected chi connectivity index (χ2v) is 6.60. The topological polar surface area (TPSA) is 34.9 Å². The number of hydrogen-bond donors (Lipinski definition) is 0. The first-order valence-corrected chi connectivity index (χ1v) is 8.02. The van der Waals surface area contributed by atoms with Gasteiger partial charge < -0.3 is 0 Å². The molecule has 3 rings (SSSR count). The summed E-state index contributed by atoms with van der Waals surface area (Å²) >= 11 is 7.10. The number of aryl methyl sites for hydroxylation is 2. The van der Waals surface area contributed by atoms with E-state index in [1.54, 1.807) is 10.6 Å².